The van der Waals surface area contributed by atoms with Crippen molar-refractivity contribution in [2.24, 2.45) is 5.41 Å². The van der Waals surface area contributed by atoms with Gasteiger partial charge >= 0.3 is 0 Å². The lowest BCUT2D eigenvalue weighted by molar-refractivity contribution is 0.588. The maximum Gasteiger partial charge on any atom is 0.0423 e. The maximum atomic E-state index is 2.47. The SMILES string of the molecule is CC12C3=CC1=CC1=C(C=C2C=C3)C(C)(C)c2cc3ccccc3cc21. The first-order valence-electron chi connectivity index (χ1n) is 9.12. The van der Waals surface area contributed by atoms with Crippen molar-refractivity contribution in [2.45, 2.75) is 26.2 Å². The second-order valence-corrected chi connectivity index (χ2v) is 8.45. The fourth-order valence-electron chi connectivity index (χ4n) is 5.15. The third-order valence-electron chi connectivity index (χ3n) is 6.90. The molecule has 0 N–H and O–H groups in total. The Bertz CT molecular complexity index is 1160. The summed E-state index contributed by atoms with van der Waals surface area (Å²) in [5, 5.41) is 2.67. The fraction of sp³-hybridized carbons (Fsp3) is 0.200. The standard InChI is InChI=1S/C25H20/c1-24(2)22-11-16-7-5-4-6-15(16)10-20(22)21-13-19-12-17-8-9-18(14-23(21)24)25(17,19)3/h4-14H,1-3H3. The summed E-state index contributed by atoms with van der Waals surface area (Å²) >= 11 is 0. The number of fused-ring (bicyclic) bond motifs is 3. The van der Waals surface area contributed by atoms with Gasteiger partial charge in [-0.2, -0.15) is 0 Å². The molecule has 25 heavy (non-hydrogen) atoms. The normalized spacial score (nSPS) is 27.1. The first kappa shape index (κ1) is 13.7. The summed E-state index contributed by atoms with van der Waals surface area (Å²) in [5.74, 6) is 0. The quantitative estimate of drug-likeness (QED) is 0.537. The molecule has 0 saturated heterocycles. The second-order valence-electron chi connectivity index (χ2n) is 8.45. The van der Waals surface area contributed by atoms with Gasteiger partial charge in [0, 0.05) is 10.8 Å². The van der Waals surface area contributed by atoms with E-state index < -0.39 is 0 Å². The van der Waals surface area contributed by atoms with Crippen molar-refractivity contribution in [1.82, 2.24) is 0 Å². The van der Waals surface area contributed by atoms with Gasteiger partial charge in [0.05, 0.1) is 0 Å². The van der Waals surface area contributed by atoms with E-state index in [1.807, 2.05) is 0 Å². The lowest BCUT2D eigenvalue weighted by atomic mass is 9.65. The first-order valence-corrected chi connectivity index (χ1v) is 9.12. The molecule has 4 aliphatic rings. The zero-order valence-corrected chi connectivity index (χ0v) is 14.9. The van der Waals surface area contributed by atoms with Gasteiger partial charge in [0.1, 0.15) is 0 Å². The number of hydrogen-bond donors (Lipinski definition) is 0. The Morgan fingerprint density at radius 1 is 0.720 bits per heavy atom. The highest BCUT2D eigenvalue weighted by Gasteiger charge is 2.47. The molecule has 1 unspecified atom stereocenters. The molecule has 0 aromatic heterocycles. The van der Waals surface area contributed by atoms with Crippen LogP contribution in [0.1, 0.15) is 31.9 Å². The number of hydrogen-bond acceptors (Lipinski definition) is 0. The molecule has 0 aliphatic heterocycles. The van der Waals surface area contributed by atoms with Gasteiger partial charge in [0.25, 0.3) is 0 Å². The van der Waals surface area contributed by atoms with Gasteiger partial charge in [-0.3, -0.25) is 0 Å². The summed E-state index contributed by atoms with van der Waals surface area (Å²) in [4.78, 5) is 0. The van der Waals surface area contributed by atoms with E-state index in [9.17, 15) is 0 Å². The van der Waals surface area contributed by atoms with Crippen LogP contribution in [0.5, 0.6) is 0 Å². The molecule has 0 amide bonds. The van der Waals surface area contributed by atoms with Gasteiger partial charge in [0.15, 0.2) is 0 Å². The summed E-state index contributed by atoms with van der Waals surface area (Å²) < 4.78 is 0. The van der Waals surface area contributed by atoms with E-state index >= 15 is 0 Å². The Morgan fingerprint density at radius 3 is 2.16 bits per heavy atom. The minimum atomic E-state index is 0.0372. The van der Waals surface area contributed by atoms with Crippen LogP contribution in [0.2, 0.25) is 0 Å². The topological polar surface area (TPSA) is 0 Å². The van der Waals surface area contributed by atoms with E-state index in [1.54, 1.807) is 0 Å². The van der Waals surface area contributed by atoms with Crippen molar-refractivity contribution in [3.63, 3.8) is 0 Å². The van der Waals surface area contributed by atoms with Crippen molar-refractivity contribution in [3.05, 3.63) is 100 Å². The van der Waals surface area contributed by atoms with Gasteiger partial charge in [-0.15, -0.1) is 0 Å². The molecule has 0 radical (unpaired) electrons. The maximum absolute atomic E-state index is 2.47. The average molecular weight is 320 g/mol. The lowest BCUT2D eigenvalue weighted by Crippen LogP contribution is -2.27. The molecule has 2 aromatic rings. The zero-order valence-electron chi connectivity index (χ0n) is 14.9. The summed E-state index contributed by atoms with van der Waals surface area (Å²) in [5.41, 5.74) is 10.3. The minimum absolute atomic E-state index is 0.0372. The smallest absolute Gasteiger partial charge is 0.0423 e. The van der Waals surface area contributed by atoms with Crippen LogP contribution in [0.3, 0.4) is 0 Å². The highest BCUT2D eigenvalue weighted by atomic mass is 14.5. The fourth-order valence-corrected chi connectivity index (χ4v) is 5.15. The Balaban J connectivity index is 1.70. The van der Waals surface area contributed by atoms with Crippen molar-refractivity contribution in [2.75, 3.05) is 0 Å². The van der Waals surface area contributed by atoms with E-state index in [-0.39, 0.29) is 10.8 Å². The predicted molar refractivity (Wildman–Crippen MR) is 105 cm³/mol. The Morgan fingerprint density at radius 2 is 1.40 bits per heavy atom. The Hall–Kier alpha value is -2.60. The summed E-state index contributed by atoms with van der Waals surface area (Å²) in [7, 11) is 0. The van der Waals surface area contributed by atoms with Gasteiger partial charge in [0.2, 0.25) is 0 Å². The summed E-state index contributed by atoms with van der Waals surface area (Å²) in [6.45, 7) is 7.12. The highest BCUT2D eigenvalue weighted by Crippen LogP contribution is 2.60. The monoisotopic (exact) mass is 320 g/mol. The van der Waals surface area contributed by atoms with Crippen LogP contribution >= 0.6 is 0 Å². The molecule has 0 spiro atoms. The van der Waals surface area contributed by atoms with Gasteiger partial charge in [-0.05, 0) is 74.9 Å². The van der Waals surface area contributed by atoms with E-state index in [0.29, 0.717) is 0 Å². The zero-order chi connectivity index (χ0) is 17.0. The molecule has 0 fully saturated rings. The van der Waals surface area contributed by atoms with Crippen molar-refractivity contribution in [3.8, 4) is 0 Å². The largest absolute Gasteiger partial charge is 0.0616 e. The summed E-state index contributed by atoms with van der Waals surface area (Å²) in [6.07, 6.45) is 11.9. The molecule has 1 atom stereocenters. The van der Waals surface area contributed by atoms with Crippen LogP contribution in [0.25, 0.3) is 16.3 Å². The molecule has 0 heterocycles. The Labute approximate surface area is 148 Å². The minimum Gasteiger partial charge on any atom is -0.0616 e. The molecule has 4 aliphatic carbocycles. The van der Waals surface area contributed by atoms with E-state index in [4.69, 9.17) is 0 Å². The third kappa shape index (κ3) is 1.42. The molecule has 2 aromatic carbocycles. The van der Waals surface area contributed by atoms with Gasteiger partial charge in [-0.25, -0.2) is 0 Å². The second kappa shape index (κ2) is 3.96. The van der Waals surface area contributed by atoms with E-state index in [0.717, 1.165) is 0 Å². The average Bonchev–Trinajstić information content (AvgIpc) is 2.93. The van der Waals surface area contributed by atoms with Crippen molar-refractivity contribution < 1.29 is 0 Å². The van der Waals surface area contributed by atoms with Gasteiger partial charge in [-0.1, -0.05) is 62.4 Å². The van der Waals surface area contributed by atoms with Crippen molar-refractivity contribution >= 4 is 16.3 Å². The highest BCUT2D eigenvalue weighted by molar-refractivity contribution is 5.97. The van der Waals surface area contributed by atoms with E-state index in [2.05, 4.69) is 87.5 Å². The van der Waals surface area contributed by atoms with Gasteiger partial charge < -0.3 is 0 Å². The Kier molecular flexibility index (Phi) is 2.17. The van der Waals surface area contributed by atoms with Crippen LogP contribution in [-0.4, -0.2) is 0 Å². The van der Waals surface area contributed by atoms with Crippen LogP contribution < -0.4 is 0 Å². The molecule has 0 saturated carbocycles. The molecule has 120 valence electrons. The van der Waals surface area contributed by atoms with E-state index in [1.165, 1.54) is 49.8 Å². The van der Waals surface area contributed by atoms with Crippen LogP contribution in [0.4, 0.5) is 0 Å². The van der Waals surface area contributed by atoms with Crippen LogP contribution in [-0.2, 0) is 5.41 Å². The van der Waals surface area contributed by atoms with Crippen molar-refractivity contribution in [1.29, 1.82) is 0 Å². The molecule has 0 nitrogen and oxygen atoms in total. The summed E-state index contributed by atoms with van der Waals surface area (Å²) in [6, 6.07) is 13.5. The number of benzene rings is 2. The molecular formula is C25H20. The number of rotatable bonds is 0. The lowest BCUT2D eigenvalue weighted by Gasteiger charge is -2.38. The number of allylic oxidation sites excluding steroid dienone is 10. The predicted octanol–water partition coefficient (Wildman–Crippen LogP) is 6.27. The third-order valence-corrected chi connectivity index (χ3v) is 6.90. The molecule has 6 rings (SSSR count). The molecular weight excluding hydrogens is 300 g/mol. The molecule has 0 bridgehead atoms. The van der Waals surface area contributed by atoms with Crippen LogP contribution in [0, 0.1) is 5.41 Å². The first-order chi connectivity index (χ1) is 12.0. The van der Waals surface area contributed by atoms with Crippen LogP contribution in [0.15, 0.2) is 89.1 Å². The molecule has 0 heteroatoms.